The van der Waals surface area contributed by atoms with Crippen LogP contribution >= 0.6 is 15.9 Å². The molecule has 18 heavy (non-hydrogen) atoms. The van der Waals surface area contributed by atoms with Gasteiger partial charge in [0, 0.05) is 17.8 Å². The van der Waals surface area contributed by atoms with Crippen LogP contribution in [0.25, 0.3) is 5.69 Å². The van der Waals surface area contributed by atoms with Crippen LogP contribution in [-0.4, -0.2) is 27.9 Å². The predicted octanol–water partition coefficient (Wildman–Crippen LogP) is 1.74. The number of methoxy groups -OCH3 is 1. The summed E-state index contributed by atoms with van der Waals surface area (Å²) in [5.41, 5.74) is 6.86. The summed E-state index contributed by atoms with van der Waals surface area (Å²) in [7, 11) is 1.57. The molecule has 1 heterocycles. The minimum Gasteiger partial charge on any atom is -0.497 e. The normalized spacial score (nSPS) is 11.6. The molecule has 3 N–H and O–H groups in total. The highest BCUT2D eigenvalue weighted by molar-refractivity contribution is 9.10. The van der Waals surface area contributed by atoms with E-state index in [9.17, 15) is 0 Å². The fourth-order valence-electron chi connectivity index (χ4n) is 1.53. The highest BCUT2D eigenvalue weighted by atomic mass is 79.9. The summed E-state index contributed by atoms with van der Waals surface area (Å²) in [6.45, 7) is 0. The third-order valence-electron chi connectivity index (χ3n) is 2.39. The Labute approximate surface area is 112 Å². The molecule has 1 aromatic carbocycles. The SMILES string of the molecule is COc1ccc(/C(N)=N/O)c(-n2cc(Br)cn2)c1. The number of nitrogens with two attached hydrogens (primary N) is 1. The number of hydrogen-bond donors (Lipinski definition) is 2. The van der Waals surface area contributed by atoms with Crippen molar-refractivity contribution < 1.29 is 9.94 Å². The molecule has 0 spiro atoms. The van der Waals surface area contributed by atoms with Gasteiger partial charge < -0.3 is 15.7 Å². The summed E-state index contributed by atoms with van der Waals surface area (Å²) in [5, 5.41) is 16.0. The molecule has 0 fully saturated rings. The quantitative estimate of drug-likeness (QED) is 0.391. The molecule has 0 aliphatic carbocycles. The molecule has 94 valence electrons. The van der Waals surface area contributed by atoms with Crippen molar-refractivity contribution in [2.45, 2.75) is 0 Å². The molecular weight excluding hydrogens is 300 g/mol. The topological polar surface area (TPSA) is 85.7 Å². The van der Waals surface area contributed by atoms with Gasteiger partial charge in [-0.3, -0.25) is 0 Å². The van der Waals surface area contributed by atoms with Crippen LogP contribution in [0.2, 0.25) is 0 Å². The fourth-order valence-corrected chi connectivity index (χ4v) is 1.82. The lowest BCUT2D eigenvalue weighted by molar-refractivity contribution is 0.318. The zero-order valence-corrected chi connectivity index (χ0v) is 11.1. The highest BCUT2D eigenvalue weighted by Crippen LogP contribution is 2.22. The van der Waals surface area contributed by atoms with E-state index in [2.05, 4.69) is 26.2 Å². The molecule has 0 aliphatic rings. The maximum atomic E-state index is 8.78. The zero-order chi connectivity index (χ0) is 13.1. The number of hydrogen-bond acceptors (Lipinski definition) is 4. The zero-order valence-electron chi connectivity index (χ0n) is 9.54. The molecule has 7 heteroatoms. The molecular formula is C11H11BrN4O2. The first-order chi connectivity index (χ1) is 8.65. The van der Waals surface area contributed by atoms with E-state index in [0.717, 1.165) is 4.47 Å². The first-order valence-electron chi connectivity index (χ1n) is 5.02. The van der Waals surface area contributed by atoms with E-state index in [-0.39, 0.29) is 5.84 Å². The van der Waals surface area contributed by atoms with Crippen LogP contribution < -0.4 is 10.5 Å². The second-order valence-corrected chi connectivity index (χ2v) is 4.39. The lowest BCUT2D eigenvalue weighted by Crippen LogP contribution is -2.16. The molecule has 6 nitrogen and oxygen atoms in total. The van der Waals surface area contributed by atoms with Crippen molar-refractivity contribution in [3.05, 3.63) is 40.6 Å². The van der Waals surface area contributed by atoms with Gasteiger partial charge in [0.2, 0.25) is 0 Å². The second-order valence-electron chi connectivity index (χ2n) is 3.47. The van der Waals surface area contributed by atoms with E-state index in [4.69, 9.17) is 15.7 Å². The predicted molar refractivity (Wildman–Crippen MR) is 70.3 cm³/mol. The van der Waals surface area contributed by atoms with Crippen LogP contribution in [-0.2, 0) is 0 Å². The first-order valence-corrected chi connectivity index (χ1v) is 5.81. The van der Waals surface area contributed by atoms with E-state index in [0.29, 0.717) is 17.0 Å². The van der Waals surface area contributed by atoms with Gasteiger partial charge in [0.25, 0.3) is 0 Å². The third-order valence-corrected chi connectivity index (χ3v) is 2.80. The Morgan fingerprint density at radius 2 is 2.33 bits per heavy atom. The minimum atomic E-state index is 0.0132. The average molecular weight is 311 g/mol. The van der Waals surface area contributed by atoms with Crippen molar-refractivity contribution in [2.24, 2.45) is 10.9 Å². The number of amidine groups is 1. The van der Waals surface area contributed by atoms with Gasteiger partial charge in [-0.25, -0.2) is 4.68 Å². The number of ether oxygens (including phenoxy) is 1. The van der Waals surface area contributed by atoms with Crippen LogP contribution in [0.1, 0.15) is 5.56 Å². The Hall–Kier alpha value is -2.02. The number of rotatable bonds is 3. The van der Waals surface area contributed by atoms with E-state index < -0.39 is 0 Å². The number of halogens is 1. The van der Waals surface area contributed by atoms with Crippen LogP contribution in [0.4, 0.5) is 0 Å². The van der Waals surface area contributed by atoms with Crippen LogP contribution in [0.5, 0.6) is 5.75 Å². The van der Waals surface area contributed by atoms with Crippen molar-refractivity contribution in [3.63, 3.8) is 0 Å². The molecule has 0 radical (unpaired) electrons. The first kappa shape index (κ1) is 12.4. The lowest BCUT2D eigenvalue weighted by atomic mass is 10.1. The molecule has 0 bridgehead atoms. The second kappa shape index (κ2) is 5.09. The smallest absolute Gasteiger partial charge is 0.172 e. The summed E-state index contributed by atoms with van der Waals surface area (Å²) in [5.74, 6) is 0.672. The summed E-state index contributed by atoms with van der Waals surface area (Å²) in [4.78, 5) is 0. The van der Waals surface area contributed by atoms with Crippen LogP contribution in [0, 0.1) is 0 Å². The molecule has 0 aliphatic heterocycles. The Morgan fingerprint density at radius 3 is 2.89 bits per heavy atom. The standard InChI is InChI=1S/C11H11BrN4O2/c1-18-8-2-3-9(11(13)15-17)10(4-8)16-6-7(12)5-14-16/h2-6,17H,1H3,(H2,13,15). The number of nitrogens with zero attached hydrogens (tertiary/aromatic N) is 3. The Kier molecular flexibility index (Phi) is 3.52. The molecule has 2 aromatic rings. The maximum Gasteiger partial charge on any atom is 0.172 e. The summed E-state index contributed by atoms with van der Waals surface area (Å²) >= 11 is 3.32. The number of oxime groups is 1. The highest BCUT2D eigenvalue weighted by Gasteiger charge is 2.11. The van der Waals surface area contributed by atoms with Crippen molar-refractivity contribution in [1.82, 2.24) is 9.78 Å². The number of aromatic nitrogens is 2. The van der Waals surface area contributed by atoms with Gasteiger partial charge in [-0.05, 0) is 28.1 Å². The fraction of sp³-hybridized carbons (Fsp3) is 0.0909. The lowest BCUT2D eigenvalue weighted by Gasteiger charge is -2.10. The van der Waals surface area contributed by atoms with Gasteiger partial charge in [-0.1, -0.05) is 5.16 Å². The van der Waals surface area contributed by atoms with Crippen LogP contribution in [0.3, 0.4) is 0 Å². The van der Waals surface area contributed by atoms with Gasteiger partial charge >= 0.3 is 0 Å². The van der Waals surface area contributed by atoms with Crippen LogP contribution in [0.15, 0.2) is 40.2 Å². The molecule has 0 saturated carbocycles. The van der Waals surface area contributed by atoms with Crippen molar-refractivity contribution in [2.75, 3.05) is 7.11 Å². The van der Waals surface area contributed by atoms with Crippen molar-refractivity contribution in [3.8, 4) is 11.4 Å². The monoisotopic (exact) mass is 310 g/mol. The molecule has 0 atom stereocenters. The van der Waals surface area contributed by atoms with E-state index in [1.807, 2.05) is 0 Å². The summed E-state index contributed by atoms with van der Waals surface area (Å²) < 4.78 is 7.60. The summed E-state index contributed by atoms with van der Waals surface area (Å²) in [6.07, 6.45) is 3.42. The molecule has 1 aromatic heterocycles. The molecule has 0 saturated heterocycles. The van der Waals surface area contributed by atoms with E-state index >= 15 is 0 Å². The molecule has 2 rings (SSSR count). The molecule has 0 amide bonds. The van der Waals surface area contributed by atoms with Crippen molar-refractivity contribution in [1.29, 1.82) is 0 Å². The third kappa shape index (κ3) is 2.30. The van der Waals surface area contributed by atoms with Gasteiger partial charge in [-0.2, -0.15) is 5.10 Å². The average Bonchev–Trinajstić information content (AvgIpc) is 2.83. The van der Waals surface area contributed by atoms with Gasteiger partial charge in [0.1, 0.15) is 5.75 Å². The van der Waals surface area contributed by atoms with E-state index in [1.165, 1.54) is 0 Å². The molecule has 0 unspecified atom stereocenters. The summed E-state index contributed by atoms with van der Waals surface area (Å²) in [6, 6.07) is 5.20. The van der Waals surface area contributed by atoms with Gasteiger partial charge in [0.05, 0.1) is 23.5 Å². The Morgan fingerprint density at radius 1 is 1.56 bits per heavy atom. The van der Waals surface area contributed by atoms with Crippen molar-refractivity contribution >= 4 is 21.8 Å². The Balaban J connectivity index is 2.61. The Bertz CT molecular complexity index is 594. The minimum absolute atomic E-state index is 0.0132. The number of benzene rings is 1. The largest absolute Gasteiger partial charge is 0.497 e. The van der Waals surface area contributed by atoms with Gasteiger partial charge in [0.15, 0.2) is 5.84 Å². The maximum absolute atomic E-state index is 8.78. The van der Waals surface area contributed by atoms with E-state index in [1.54, 1.807) is 42.4 Å². The van der Waals surface area contributed by atoms with Gasteiger partial charge in [-0.15, -0.1) is 0 Å².